The number of hydrogen-bond donors (Lipinski definition) is 0. The van der Waals surface area contributed by atoms with Crippen LogP contribution in [0.3, 0.4) is 0 Å². The fourth-order valence-electron chi connectivity index (χ4n) is 2.23. The Bertz CT molecular complexity index is 771. The minimum absolute atomic E-state index is 0.0390. The van der Waals surface area contributed by atoms with Crippen LogP contribution in [0.1, 0.15) is 11.1 Å². The topological polar surface area (TPSA) is 93.7 Å². The lowest BCUT2D eigenvalue weighted by Gasteiger charge is -2.21. The summed E-state index contributed by atoms with van der Waals surface area (Å²) in [5, 5.41) is 10.2. The number of nitro groups is 1. The van der Waals surface area contributed by atoms with Gasteiger partial charge in [0, 0.05) is 24.4 Å². The largest absolute Gasteiger partial charge is 0.467 e. The molecule has 3 rings (SSSR count). The minimum atomic E-state index is -3.73. The lowest BCUT2D eigenvalue weighted by molar-refractivity contribution is -0.384. The second-order valence-electron chi connectivity index (χ2n) is 4.61. The molecule has 0 radical (unpaired) electrons. The van der Waals surface area contributed by atoms with Crippen LogP contribution in [0, 0.1) is 10.1 Å². The Morgan fingerprint density at radius 1 is 1.27 bits per heavy atom. The number of furan rings is 1. The molecule has 1 aromatic carbocycles. The highest BCUT2D eigenvalue weighted by Crippen LogP contribution is 2.41. The van der Waals surface area contributed by atoms with Crippen molar-refractivity contribution in [3.05, 3.63) is 58.5 Å². The molecule has 0 spiro atoms. The van der Waals surface area contributed by atoms with E-state index in [1.54, 1.807) is 12.1 Å². The molecule has 0 N–H and O–H groups in total. The fraction of sp³-hybridized carbons (Fsp3) is 0.231. The first-order valence-electron chi connectivity index (χ1n) is 6.41. The van der Waals surface area contributed by atoms with Crippen molar-refractivity contribution in [3.63, 3.8) is 0 Å². The van der Waals surface area contributed by atoms with E-state index >= 15 is 0 Å². The van der Waals surface area contributed by atoms with E-state index in [-0.39, 0.29) is 10.6 Å². The zero-order valence-electron chi connectivity index (χ0n) is 11.3. The van der Waals surface area contributed by atoms with Crippen molar-refractivity contribution in [1.29, 1.82) is 0 Å². The van der Waals surface area contributed by atoms with Crippen LogP contribution in [0.25, 0.3) is 0 Å². The summed E-state index contributed by atoms with van der Waals surface area (Å²) in [5.41, 5.74) is -0.141. The number of sulfonamides is 1. The Labute approximate surface area is 131 Å². The number of nitro benzene ring substituents is 1. The average molecular weight is 340 g/mol. The predicted molar refractivity (Wildman–Crippen MR) is 80.9 cm³/mol. The molecule has 116 valence electrons. The van der Waals surface area contributed by atoms with E-state index in [2.05, 4.69) is 0 Å². The van der Waals surface area contributed by atoms with Gasteiger partial charge in [-0.05, 0) is 24.3 Å². The van der Waals surface area contributed by atoms with Gasteiger partial charge >= 0.3 is 0 Å². The quantitative estimate of drug-likeness (QED) is 0.627. The molecule has 22 heavy (non-hydrogen) atoms. The molecular formula is C13H12N2O5S2. The summed E-state index contributed by atoms with van der Waals surface area (Å²) in [4.78, 5) is 10.1. The Balaban J connectivity index is 1.93. The van der Waals surface area contributed by atoms with Crippen LogP contribution in [0.15, 0.2) is 52.0 Å². The maximum atomic E-state index is 12.7. The summed E-state index contributed by atoms with van der Waals surface area (Å²) in [6.45, 7) is 0.370. The average Bonchev–Trinajstić information content (AvgIpc) is 3.18. The summed E-state index contributed by atoms with van der Waals surface area (Å²) in [7, 11) is -3.73. The zero-order chi connectivity index (χ0) is 15.7. The van der Waals surface area contributed by atoms with Crippen LogP contribution in [-0.2, 0) is 10.0 Å². The maximum absolute atomic E-state index is 12.7. The van der Waals surface area contributed by atoms with Crippen LogP contribution in [-0.4, -0.2) is 29.9 Å². The van der Waals surface area contributed by atoms with E-state index < -0.39 is 20.3 Å². The molecule has 2 aromatic rings. The molecule has 1 aliphatic heterocycles. The van der Waals surface area contributed by atoms with Gasteiger partial charge in [0.15, 0.2) is 0 Å². The summed E-state index contributed by atoms with van der Waals surface area (Å²) < 4.78 is 32.1. The molecule has 0 amide bonds. The highest BCUT2D eigenvalue weighted by Gasteiger charge is 2.38. The standard InChI is InChI=1S/C13H12N2O5S2/c16-15(17)10-3-5-11(6-4-10)22(18,19)14-7-9-21-13(14)12-2-1-8-20-12/h1-6,8,13H,7,9H2/t13-/m1/s1. The molecule has 1 aliphatic rings. The molecule has 7 nitrogen and oxygen atoms in total. The number of nitrogens with zero attached hydrogens (tertiary/aromatic N) is 2. The first-order chi connectivity index (χ1) is 10.5. The van der Waals surface area contributed by atoms with Crippen molar-refractivity contribution in [2.75, 3.05) is 12.3 Å². The van der Waals surface area contributed by atoms with E-state index in [1.807, 2.05) is 0 Å². The van der Waals surface area contributed by atoms with Gasteiger partial charge in [-0.15, -0.1) is 11.8 Å². The van der Waals surface area contributed by atoms with Crippen LogP contribution in [0.5, 0.6) is 0 Å². The van der Waals surface area contributed by atoms with Gasteiger partial charge in [0.2, 0.25) is 10.0 Å². The first-order valence-corrected chi connectivity index (χ1v) is 8.90. The number of thioether (sulfide) groups is 1. The summed E-state index contributed by atoms with van der Waals surface area (Å²) >= 11 is 1.48. The molecule has 0 bridgehead atoms. The van der Waals surface area contributed by atoms with Gasteiger partial charge in [0.1, 0.15) is 11.1 Å². The molecule has 1 aromatic heterocycles. The van der Waals surface area contributed by atoms with Crippen molar-refractivity contribution in [3.8, 4) is 0 Å². The van der Waals surface area contributed by atoms with Crippen molar-refractivity contribution in [1.82, 2.24) is 4.31 Å². The van der Waals surface area contributed by atoms with Crippen molar-refractivity contribution >= 4 is 27.5 Å². The monoisotopic (exact) mass is 340 g/mol. The molecular weight excluding hydrogens is 328 g/mol. The number of rotatable bonds is 4. The highest BCUT2D eigenvalue weighted by molar-refractivity contribution is 8.00. The Hall–Kier alpha value is -1.84. The van der Waals surface area contributed by atoms with E-state index in [9.17, 15) is 18.5 Å². The number of non-ortho nitro benzene ring substituents is 1. The molecule has 2 heterocycles. The molecule has 1 fully saturated rings. The van der Waals surface area contributed by atoms with Crippen molar-refractivity contribution in [2.24, 2.45) is 0 Å². The normalized spacial score (nSPS) is 19.4. The third-order valence-corrected chi connectivity index (χ3v) is 6.52. The second-order valence-corrected chi connectivity index (χ2v) is 7.68. The van der Waals surface area contributed by atoms with Crippen molar-refractivity contribution in [2.45, 2.75) is 10.3 Å². The third kappa shape index (κ3) is 2.62. The minimum Gasteiger partial charge on any atom is -0.467 e. The predicted octanol–water partition coefficient (Wildman–Crippen LogP) is 2.62. The lowest BCUT2D eigenvalue weighted by atomic mass is 10.3. The summed E-state index contributed by atoms with van der Waals surface area (Å²) in [6, 6.07) is 8.35. The smallest absolute Gasteiger partial charge is 0.269 e. The molecule has 0 unspecified atom stereocenters. The van der Waals surface area contributed by atoms with E-state index in [1.165, 1.54) is 46.6 Å². The summed E-state index contributed by atoms with van der Waals surface area (Å²) in [5.74, 6) is 1.24. The van der Waals surface area contributed by atoms with E-state index in [0.717, 1.165) is 0 Å². The lowest BCUT2D eigenvalue weighted by Crippen LogP contribution is -2.30. The Morgan fingerprint density at radius 3 is 2.59 bits per heavy atom. The maximum Gasteiger partial charge on any atom is 0.269 e. The van der Waals surface area contributed by atoms with Gasteiger partial charge in [-0.3, -0.25) is 10.1 Å². The molecule has 1 atom stereocenters. The van der Waals surface area contributed by atoms with Crippen LogP contribution in [0.4, 0.5) is 5.69 Å². The number of benzene rings is 1. The third-order valence-electron chi connectivity index (χ3n) is 3.29. The van der Waals surface area contributed by atoms with Gasteiger partial charge in [0.05, 0.1) is 16.1 Å². The van der Waals surface area contributed by atoms with Gasteiger partial charge in [-0.25, -0.2) is 8.42 Å². The van der Waals surface area contributed by atoms with Gasteiger partial charge in [-0.2, -0.15) is 4.31 Å². The van der Waals surface area contributed by atoms with Crippen LogP contribution in [0.2, 0.25) is 0 Å². The molecule has 9 heteroatoms. The van der Waals surface area contributed by atoms with Gasteiger partial charge < -0.3 is 4.42 Å². The Kier molecular flexibility index (Phi) is 3.94. The fourth-order valence-corrected chi connectivity index (χ4v) is 5.40. The number of hydrogen-bond acceptors (Lipinski definition) is 6. The van der Waals surface area contributed by atoms with Crippen molar-refractivity contribution < 1.29 is 17.8 Å². The van der Waals surface area contributed by atoms with Crippen LogP contribution >= 0.6 is 11.8 Å². The second kappa shape index (κ2) is 5.75. The summed E-state index contributed by atoms with van der Waals surface area (Å²) in [6.07, 6.45) is 1.50. The van der Waals surface area contributed by atoms with E-state index in [0.29, 0.717) is 18.1 Å². The molecule has 0 aliphatic carbocycles. The zero-order valence-corrected chi connectivity index (χ0v) is 12.9. The molecule has 0 saturated carbocycles. The first kappa shape index (κ1) is 15.1. The van der Waals surface area contributed by atoms with E-state index in [4.69, 9.17) is 4.42 Å². The van der Waals surface area contributed by atoms with Gasteiger partial charge in [-0.1, -0.05) is 0 Å². The Morgan fingerprint density at radius 2 is 2.00 bits per heavy atom. The SMILES string of the molecule is O=[N+]([O-])c1ccc(S(=O)(=O)N2CCS[C@@H]2c2ccco2)cc1. The highest BCUT2D eigenvalue weighted by atomic mass is 32.2. The van der Waals surface area contributed by atoms with Gasteiger partial charge in [0.25, 0.3) is 5.69 Å². The molecule has 1 saturated heterocycles. The van der Waals surface area contributed by atoms with Crippen LogP contribution < -0.4 is 0 Å².